The second-order valence-electron chi connectivity index (χ2n) is 5.91. The lowest BCUT2D eigenvalue weighted by atomic mass is 10.0. The average Bonchev–Trinajstić information content (AvgIpc) is 2.48. The summed E-state index contributed by atoms with van der Waals surface area (Å²) in [6.07, 6.45) is 10.1. The molecule has 0 saturated carbocycles. The van der Waals surface area contributed by atoms with Gasteiger partial charge in [-0.3, -0.25) is 4.79 Å². The van der Waals surface area contributed by atoms with Crippen molar-refractivity contribution >= 4 is 5.97 Å². The third-order valence-electron chi connectivity index (χ3n) is 3.76. The van der Waals surface area contributed by atoms with Gasteiger partial charge >= 0.3 is 5.97 Å². The van der Waals surface area contributed by atoms with Crippen LogP contribution >= 0.6 is 0 Å². The topological polar surface area (TPSA) is 57.5 Å². The maximum atomic E-state index is 10.4. The normalized spacial score (nSPS) is 16.9. The van der Waals surface area contributed by atoms with Gasteiger partial charge in [0, 0.05) is 7.79 Å². The Morgan fingerprint density at radius 3 is 2.00 bits per heavy atom. The molecule has 0 radical (unpaired) electrons. The molecule has 0 heterocycles. The number of carbonyl (C=O) groups is 1. The Kier molecular flexibility index (Phi) is 12.6. The number of hydrogen-bond donors (Lipinski definition) is 2. The molecule has 0 aromatic rings. The van der Waals surface area contributed by atoms with Gasteiger partial charge in [0.05, 0.1) is 7.45 Å². The van der Waals surface area contributed by atoms with Gasteiger partial charge in [-0.05, 0) is 19.2 Å². The lowest BCUT2D eigenvalue weighted by Crippen LogP contribution is -2.05. The predicted octanol–water partition coefficient (Wildman–Crippen LogP) is 5.30. The first kappa shape index (κ1) is 16.8. The summed E-state index contributed by atoms with van der Waals surface area (Å²) in [7, 11) is 0. The number of rotatable bonds is 16. The lowest BCUT2D eigenvalue weighted by molar-refractivity contribution is -0.137. The minimum Gasteiger partial charge on any atom is -0.481 e. The van der Waals surface area contributed by atoms with Gasteiger partial charge in [0.25, 0.3) is 0 Å². The van der Waals surface area contributed by atoms with Crippen LogP contribution in [0.25, 0.3) is 0 Å². The highest BCUT2D eigenvalue weighted by Gasteiger charge is 2.03. The smallest absolute Gasteiger partial charge is 0.303 e. The fourth-order valence-corrected chi connectivity index (χ4v) is 2.41. The van der Waals surface area contributed by atoms with Crippen molar-refractivity contribution < 1.29 is 17.7 Å². The first-order valence-electron chi connectivity index (χ1n) is 9.84. The van der Waals surface area contributed by atoms with E-state index in [4.69, 9.17) is 7.85 Å². The molecule has 0 saturated heterocycles. The van der Waals surface area contributed by atoms with Crippen LogP contribution in [0.15, 0.2) is 0 Å². The molecule has 3 heteroatoms. The number of unbranched alkanes of at least 4 members (excludes halogenated alkanes) is 9. The lowest BCUT2D eigenvalue weighted by Gasteiger charge is -2.09. The zero-order valence-corrected chi connectivity index (χ0v) is 13.8. The number of carboxylic acids is 1. The van der Waals surface area contributed by atoms with Gasteiger partial charge in [0.1, 0.15) is 0 Å². The van der Waals surface area contributed by atoms with Crippen molar-refractivity contribution in [1.82, 2.24) is 0 Å². The van der Waals surface area contributed by atoms with Crippen LogP contribution in [0.4, 0.5) is 0 Å². The van der Waals surface area contributed by atoms with Gasteiger partial charge in [0.2, 0.25) is 0 Å². The Morgan fingerprint density at radius 2 is 1.48 bits per heavy atom. The molecule has 21 heavy (non-hydrogen) atoms. The molecule has 0 aliphatic rings. The zero-order chi connectivity index (χ0) is 17.6. The van der Waals surface area contributed by atoms with Gasteiger partial charge < -0.3 is 10.2 Å². The van der Waals surface area contributed by atoms with Crippen molar-refractivity contribution in [1.29, 1.82) is 0 Å². The maximum absolute atomic E-state index is 10.4. The molecule has 0 aromatic heterocycles. The predicted molar refractivity (Wildman–Crippen MR) is 88.6 cm³/mol. The van der Waals surface area contributed by atoms with Gasteiger partial charge in [-0.2, -0.15) is 0 Å². The van der Waals surface area contributed by atoms with Crippen LogP contribution in [0.1, 0.15) is 106 Å². The number of aliphatic hydroxyl groups is 1. The van der Waals surface area contributed by atoms with Crippen LogP contribution in [-0.2, 0) is 4.79 Å². The molecule has 0 aliphatic carbocycles. The Morgan fingerprint density at radius 1 is 0.952 bits per heavy atom. The summed E-state index contributed by atoms with van der Waals surface area (Å²) in [6, 6.07) is 0. The van der Waals surface area contributed by atoms with E-state index in [1.807, 2.05) is 0 Å². The third-order valence-corrected chi connectivity index (χ3v) is 3.76. The highest BCUT2D eigenvalue weighted by molar-refractivity contribution is 5.66. The molecule has 3 nitrogen and oxygen atoms in total. The Labute approximate surface area is 134 Å². The highest BCUT2D eigenvalue weighted by atomic mass is 16.4. The van der Waals surface area contributed by atoms with Gasteiger partial charge in [0.15, 0.2) is 0 Å². The molecular weight excluding hydrogens is 264 g/mol. The number of hydrogen-bond acceptors (Lipinski definition) is 2. The maximum Gasteiger partial charge on any atom is 0.303 e. The molecule has 0 fully saturated rings. The van der Waals surface area contributed by atoms with E-state index in [2.05, 4.69) is 6.92 Å². The summed E-state index contributed by atoms with van der Waals surface area (Å²) < 4.78 is 15.8. The van der Waals surface area contributed by atoms with Gasteiger partial charge in [-0.1, -0.05) is 77.6 Å². The van der Waals surface area contributed by atoms with E-state index >= 15 is 0 Å². The quantitative estimate of drug-likeness (QED) is 0.380. The Hall–Kier alpha value is -0.570. The summed E-state index contributed by atoms with van der Waals surface area (Å²) in [6.45, 7) is 2.09. The largest absolute Gasteiger partial charge is 0.481 e. The van der Waals surface area contributed by atoms with E-state index in [0.29, 0.717) is 12.8 Å². The molecule has 0 aromatic carbocycles. The molecule has 126 valence electrons. The molecule has 0 bridgehead atoms. The summed E-state index contributed by atoms with van der Waals surface area (Å²) in [5.41, 5.74) is 0. The molecule has 1 unspecified atom stereocenters. The fourth-order valence-electron chi connectivity index (χ4n) is 2.41. The van der Waals surface area contributed by atoms with Crippen LogP contribution in [0, 0.1) is 0 Å². The van der Waals surface area contributed by atoms with Crippen LogP contribution in [0.2, 0.25) is 0 Å². The zero-order valence-electron chi connectivity index (χ0n) is 15.8. The molecule has 2 atom stereocenters. The first-order chi connectivity index (χ1) is 10.9. The Balaban J connectivity index is 3.47. The van der Waals surface area contributed by atoms with Crippen LogP contribution in [0.5, 0.6) is 0 Å². The first-order valence-corrected chi connectivity index (χ1v) is 8.76. The molecule has 0 amide bonds. The van der Waals surface area contributed by atoms with Crippen LogP contribution in [-0.4, -0.2) is 22.3 Å². The van der Waals surface area contributed by atoms with Crippen LogP contribution in [0.3, 0.4) is 0 Å². The Bertz CT molecular complexity index is 296. The van der Waals surface area contributed by atoms with E-state index in [0.717, 1.165) is 70.6 Å². The van der Waals surface area contributed by atoms with Gasteiger partial charge in [-0.15, -0.1) is 0 Å². The van der Waals surface area contributed by atoms with E-state index in [1.54, 1.807) is 0 Å². The van der Waals surface area contributed by atoms with Crippen molar-refractivity contribution in [2.45, 2.75) is 109 Å². The SMILES string of the molecule is [3H]C(CCCCCCCCCCC(=O)O)[C@@]([3H])(O)CCCCC. The summed E-state index contributed by atoms with van der Waals surface area (Å²) >= 11 is 0. The minimum atomic E-state index is -1.58. The molecule has 0 rings (SSSR count). The van der Waals surface area contributed by atoms with Crippen molar-refractivity contribution in [3.63, 3.8) is 0 Å². The third kappa shape index (κ3) is 17.4. The molecular formula is C18H36O3. The molecule has 0 spiro atoms. The monoisotopic (exact) mass is 304 g/mol. The van der Waals surface area contributed by atoms with Crippen LogP contribution < -0.4 is 0 Å². The standard InChI is InChI=1S/C18H36O3/c1-2-3-11-14-17(19)15-12-9-7-5-4-6-8-10-13-16-18(20)21/h17,19H,2-16H2,1H3,(H,20,21)/t17-/m0/s1/i15T,17T/t15?,17-. The van der Waals surface area contributed by atoms with Crippen molar-refractivity contribution in [3.05, 3.63) is 0 Å². The van der Waals surface area contributed by atoms with Gasteiger partial charge in [-0.25, -0.2) is 0 Å². The number of carboxylic acid groups (broad SMARTS) is 1. The van der Waals surface area contributed by atoms with E-state index < -0.39 is 18.4 Å². The fraction of sp³-hybridized carbons (Fsp3) is 0.944. The summed E-state index contributed by atoms with van der Waals surface area (Å²) in [5, 5.41) is 18.5. The highest BCUT2D eigenvalue weighted by Crippen LogP contribution is 2.14. The van der Waals surface area contributed by atoms with Crippen molar-refractivity contribution in [2.75, 3.05) is 0 Å². The molecule has 0 aliphatic heterocycles. The van der Waals surface area contributed by atoms with E-state index in [9.17, 15) is 9.90 Å². The minimum absolute atomic E-state index is 0.277. The summed E-state index contributed by atoms with van der Waals surface area (Å²) in [5.74, 6) is -0.709. The second-order valence-corrected chi connectivity index (χ2v) is 5.91. The number of aliphatic carboxylic acids is 1. The second kappa shape index (κ2) is 15.8. The van der Waals surface area contributed by atoms with Crippen molar-refractivity contribution in [2.24, 2.45) is 0 Å². The average molecular weight is 304 g/mol. The van der Waals surface area contributed by atoms with E-state index in [-0.39, 0.29) is 6.42 Å². The summed E-state index contributed by atoms with van der Waals surface area (Å²) in [4.78, 5) is 10.4. The molecule has 2 N–H and O–H groups in total. The van der Waals surface area contributed by atoms with Crippen molar-refractivity contribution in [3.8, 4) is 0 Å². The van der Waals surface area contributed by atoms with E-state index in [1.165, 1.54) is 0 Å².